The van der Waals surface area contributed by atoms with Crippen LogP contribution in [0.5, 0.6) is 0 Å². The number of epoxide rings is 1. The Labute approximate surface area is 164 Å². The van der Waals surface area contributed by atoms with E-state index in [1.54, 1.807) is 12.5 Å². The monoisotopic (exact) mass is 396 g/mol. The fraction of sp³-hybridized carbons (Fsp3) is 0.800. The highest BCUT2D eigenvalue weighted by atomic mass is 32.2. The van der Waals surface area contributed by atoms with Crippen LogP contribution in [0.2, 0.25) is 0 Å². The molecule has 0 bridgehead atoms. The van der Waals surface area contributed by atoms with E-state index in [2.05, 4.69) is 13.8 Å². The number of carbonyl (C=O) groups is 2. The molecule has 7 heteroatoms. The van der Waals surface area contributed by atoms with E-state index < -0.39 is 11.4 Å². The maximum atomic E-state index is 12.3. The SMILES string of the molecule is COC1C2(C)C(CCC(OC(=O)C=CSC)C2C)CC23OC(=O)C(C)C12O3. The minimum Gasteiger partial charge on any atom is -0.459 e. The highest BCUT2D eigenvalue weighted by molar-refractivity contribution is 8.01. The third-order valence-corrected chi connectivity index (χ3v) is 8.09. The summed E-state index contributed by atoms with van der Waals surface area (Å²) in [6.45, 7) is 6.19. The molecular formula is C20H28O6S. The van der Waals surface area contributed by atoms with Gasteiger partial charge in [-0.15, -0.1) is 11.8 Å². The van der Waals surface area contributed by atoms with Gasteiger partial charge in [0.2, 0.25) is 5.79 Å². The average Bonchev–Trinajstić information content (AvgIpc) is 3.23. The summed E-state index contributed by atoms with van der Waals surface area (Å²) in [6, 6.07) is 0. The highest BCUT2D eigenvalue weighted by Crippen LogP contribution is 2.74. The minimum absolute atomic E-state index is 0.0762. The predicted molar refractivity (Wildman–Crippen MR) is 99.7 cm³/mol. The fourth-order valence-corrected chi connectivity index (χ4v) is 6.32. The van der Waals surface area contributed by atoms with E-state index in [4.69, 9.17) is 18.9 Å². The van der Waals surface area contributed by atoms with E-state index in [0.29, 0.717) is 6.42 Å². The quantitative estimate of drug-likeness (QED) is 0.411. The van der Waals surface area contributed by atoms with Gasteiger partial charge in [-0.1, -0.05) is 13.8 Å². The largest absolute Gasteiger partial charge is 0.459 e. The molecule has 2 saturated carbocycles. The number of carbonyl (C=O) groups excluding carboxylic acids is 2. The van der Waals surface area contributed by atoms with Crippen LogP contribution in [0.4, 0.5) is 0 Å². The maximum absolute atomic E-state index is 12.3. The average molecular weight is 397 g/mol. The van der Waals surface area contributed by atoms with Crippen molar-refractivity contribution in [2.24, 2.45) is 23.2 Å². The van der Waals surface area contributed by atoms with Crippen molar-refractivity contribution < 1.29 is 28.5 Å². The van der Waals surface area contributed by atoms with E-state index >= 15 is 0 Å². The van der Waals surface area contributed by atoms with E-state index in [1.807, 2.05) is 13.2 Å². The standard InChI is InChI=1S/C20H28O6S/c1-11-14(24-15(21)8-9-27-5)7-6-13-10-19-20(26-19,12(2)16(22)25-19)17(23-4)18(11,13)3/h8-9,11-14,17H,6-7,10H2,1-5H3. The van der Waals surface area contributed by atoms with E-state index in [-0.39, 0.29) is 47.3 Å². The van der Waals surface area contributed by atoms with Gasteiger partial charge >= 0.3 is 11.9 Å². The molecule has 150 valence electrons. The van der Waals surface area contributed by atoms with Gasteiger partial charge in [0.05, 0.1) is 12.0 Å². The zero-order chi connectivity index (χ0) is 19.6. The number of thioether (sulfide) groups is 1. The number of fused-ring (bicyclic) bond motifs is 1. The summed E-state index contributed by atoms with van der Waals surface area (Å²) in [5.74, 6) is -1.34. The van der Waals surface area contributed by atoms with E-state index in [9.17, 15) is 9.59 Å². The number of methoxy groups -OCH3 is 1. The Morgan fingerprint density at radius 3 is 2.74 bits per heavy atom. The molecule has 8 atom stereocenters. The van der Waals surface area contributed by atoms with Crippen LogP contribution in [0.25, 0.3) is 0 Å². The lowest BCUT2D eigenvalue weighted by Crippen LogP contribution is -2.63. The van der Waals surface area contributed by atoms with Crippen LogP contribution in [0.15, 0.2) is 11.5 Å². The van der Waals surface area contributed by atoms with Crippen LogP contribution in [-0.2, 0) is 28.5 Å². The Bertz CT molecular complexity index is 694. The lowest BCUT2D eigenvalue weighted by molar-refractivity contribution is -0.189. The van der Waals surface area contributed by atoms with Crippen molar-refractivity contribution in [3.05, 3.63) is 11.5 Å². The van der Waals surface area contributed by atoms with Gasteiger partial charge in [0.1, 0.15) is 6.10 Å². The number of hydrogen-bond acceptors (Lipinski definition) is 7. The van der Waals surface area contributed by atoms with Crippen molar-refractivity contribution in [2.45, 2.75) is 63.6 Å². The van der Waals surface area contributed by atoms with Crippen LogP contribution in [0.3, 0.4) is 0 Å². The first kappa shape index (κ1) is 19.3. The number of hydrogen-bond donors (Lipinski definition) is 0. The van der Waals surface area contributed by atoms with Gasteiger partial charge in [-0.25, -0.2) is 4.79 Å². The molecule has 6 nitrogen and oxygen atoms in total. The first-order chi connectivity index (χ1) is 12.8. The Balaban J connectivity index is 1.63. The molecule has 0 radical (unpaired) electrons. The topological polar surface area (TPSA) is 74.4 Å². The van der Waals surface area contributed by atoms with Crippen LogP contribution in [0.1, 0.15) is 40.0 Å². The van der Waals surface area contributed by atoms with Crippen molar-refractivity contribution in [1.29, 1.82) is 0 Å². The van der Waals surface area contributed by atoms with Crippen molar-refractivity contribution in [1.82, 2.24) is 0 Å². The molecule has 27 heavy (non-hydrogen) atoms. The van der Waals surface area contributed by atoms with Crippen molar-refractivity contribution in [2.75, 3.05) is 13.4 Å². The summed E-state index contributed by atoms with van der Waals surface area (Å²) in [5, 5.41) is 1.73. The predicted octanol–water partition coefficient (Wildman–Crippen LogP) is 2.90. The smallest absolute Gasteiger partial charge is 0.331 e. The molecule has 0 amide bonds. The Kier molecular flexibility index (Phi) is 4.44. The number of ether oxygens (including phenoxy) is 4. The first-order valence-corrected chi connectivity index (χ1v) is 10.9. The first-order valence-electron chi connectivity index (χ1n) is 9.62. The molecular weight excluding hydrogens is 368 g/mol. The minimum atomic E-state index is -0.821. The summed E-state index contributed by atoms with van der Waals surface area (Å²) in [6.07, 6.45) is 5.28. The molecule has 0 spiro atoms. The van der Waals surface area contributed by atoms with Gasteiger partial charge in [0.25, 0.3) is 0 Å². The Morgan fingerprint density at radius 2 is 2.07 bits per heavy atom. The lowest BCUT2D eigenvalue weighted by atomic mass is 9.50. The fourth-order valence-electron chi connectivity index (χ4n) is 6.08. The van der Waals surface area contributed by atoms with Crippen molar-refractivity contribution >= 4 is 23.7 Å². The van der Waals surface area contributed by atoms with Gasteiger partial charge in [-0.05, 0) is 37.3 Å². The molecule has 8 unspecified atom stereocenters. The Morgan fingerprint density at radius 1 is 1.33 bits per heavy atom. The summed E-state index contributed by atoms with van der Waals surface area (Å²) >= 11 is 1.47. The highest BCUT2D eigenvalue weighted by Gasteiger charge is 2.90. The molecule has 0 N–H and O–H groups in total. The summed E-state index contributed by atoms with van der Waals surface area (Å²) in [7, 11) is 1.68. The van der Waals surface area contributed by atoms with Crippen LogP contribution < -0.4 is 0 Å². The second-order valence-corrected chi connectivity index (χ2v) is 9.30. The molecule has 0 aromatic rings. The summed E-state index contributed by atoms with van der Waals surface area (Å²) in [4.78, 5) is 24.4. The van der Waals surface area contributed by atoms with Gasteiger partial charge in [-0.3, -0.25) is 4.79 Å². The molecule has 2 aliphatic carbocycles. The van der Waals surface area contributed by atoms with Gasteiger partial charge < -0.3 is 18.9 Å². The number of rotatable bonds is 4. The molecule has 2 aliphatic heterocycles. The lowest BCUT2D eigenvalue weighted by Gasteiger charge is -2.56. The van der Waals surface area contributed by atoms with Crippen molar-refractivity contribution in [3.8, 4) is 0 Å². The van der Waals surface area contributed by atoms with Crippen LogP contribution in [-0.4, -0.2) is 48.9 Å². The third kappa shape index (κ3) is 2.34. The zero-order valence-corrected chi connectivity index (χ0v) is 17.3. The molecule has 0 aromatic heterocycles. The molecule has 4 fully saturated rings. The van der Waals surface area contributed by atoms with Gasteiger partial charge in [0.15, 0.2) is 5.60 Å². The molecule has 2 heterocycles. The van der Waals surface area contributed by atoms with Crippen LogP contribution >= 0.6 is 11.8 Å². The second-order valence-electron chi connectivity index (χ2n) is 8.55. The van der Waals surface area contributed by atoms with Gasteiger partial charge in [0, 0.05) is 30.9 Å². The second kappa shape index (κ2) is 6.22. The van der Waals surface area contributed by atoms with E-state index in [0.717, 1.165) is 12.8 Å². The summed E-state index contributed by atoms with van der Waals surface area (Å²) < 4.78 is 23.6. The van der Waals surface area contributed by atoms with Gasteiger partial charge in [-0.2, -0.15) is 0 Å². The number of esters is 2. The maximum Gasteiger partial charge on any atom is 0.331 e. The van der Waals surface area contributed by atoms with E-state index in [1.165, 1.54) is 17.8 Å². The molecule has 2 saturated heterocycles. The molecule has 4 rings (SSSR count). The van der Waals surface area contributed by atoms with Crippen LogP contribution in [0, 0.1) is 23.2 Å². The van der Waals surface area contributed by atoms with Crippen molar-refractivity contribution in [3.63, 3.8) is 0 Å². The summed E-state index contributed by atoms with van der Waals surface area (Å²) in [5.41, 5.74) is -0.994. The zero-order valence-electron chi connectivity index (χ0n) is 16.5. The molecule has 4 aliphatic rings. The molecule has 0 aromatic carbocycles. The Hall–Kier alpha value is -1.05. The third-order valence-electron chi connectivity index (χ3n) is 7.68. The normalized spacial score (nSPS) is 50.6.